The number of nitrogens with zero attached hydrogens (tertiary/aromatic N) is 3. The summed E-state index contributed by atoms with van der Waals surface area (Å²) in [5.74, 6) is 0.605. The van der Waals surface area contributed by atoms with Gasteiger partial charge in [0.25, 0.3) is 5.91 Å². The summed E-state index contributed by atoms with van der Waals surface area (Å²) in [5, 5.41) is 3.75. The Morgan fingerprint density at radius 1 is 1.42 bits per heavy atom. The number of likely N-dealkylation sites (tertiary alicyclic amines) is 1. The Kier molecular flexibility index (Phi) is 4.74. The summed E-state index contributed by atoms with van der Waals surface area (Å²) in [5.41, 5.74) is 1.34. The first-order valence-electron chi connectivity index (χ1n) is 9.06. The summed E-state index contributed by atoms with van der Waals surface area (Å²) in [4.78, 5) is 18.5. The van der Waals surface area contributed by atoms with Gasteiger partial charge in [0, 0.05) is 31.8 Å². The summed E-state index contributed by atoms with van der Waals surface area (Å²) in [6.45, 7) is 4.34. The van der Waals surface area contributed by atoms with Crippen molar-refractivity contribution in [2.24, 2.45) is 0 Å². The van der Waals surface area contributed by atoms with Crippen molar-refractivity contribution >= 4 is 5.91 Å². The Morgan fingerprint density at radius 3 is 3.08 bits per heavy atom. The van der Waals surface area contributed by atoms with E-state index in [0.717, 1.165) is 18.4 Å². The predicted octanol–water partition coefficient (Wildman–Crippen LogP) is 2.22. The third-order valence-electron chi connectivity index (χ3n) is 5.10. The van der Waals surface area contributed by atoms with Crippen LogP contribution in [0.1, 0.15) is 41.4 Å². The van der Waals surface area contributed by atoms with Crippen LogP contribution in [0.25, 0.3) is 0 Å². The van der Waals surface area contributed by atoms with Gasteiger partial charge >= 0.3 is 0 Å². The third-order valence-corrected chi connectivity index (χ3v) is 5.10. The molecular weight excluding hydrogens is 334 g/mol. The minimum absolute atomic E-state index is 0.0317. The minimum Gasteiger partial charge on any atom is -0.373 e. The highest BCUT2D eigenvalue weighted by Gasteiger charge is 2.50. The smallest absolute Gasteiger partial charge is 0.259 e. The number of aromatic nitrogens is 2. The topological polar surface area (TPSA) is 77.7 Å². The van der Waals surface area contributed by atoms with Gasteiger partial charge in [-0.3, -0.25) is 9.78 Å². The Morgan fingerprint density at radius 2 is 2.31 bits per heavy atom. The Labute approximate surface area is 152 Å². The van der Waals surface area contributed by atoms with Crippen molar-refractivity contribution < 1.29 is 18.8 Å². The monoisotopic (exact) mass is 357 g/mol. The molecule has 2 saturated heterocycles. The number of hydrogen-bond acceptors (Lipinski definition) is 6. The molecule has 0 unspecified atom stereocenters. The van der Waals surface area contributed by atoms with E-state index in [4.69, 9.17) is 14.0 Å². The van der Waals surface area contributed by atoms with Gasteiger partial charge in [-0.1, -0.05) is 18.1 Å². The van der Waals surface area contributed by atoms with E-state index < -0.39 is 0 Å². The van der Waals surface area contributed by atoms with Crippen LogP contribution in [-0.2, 0) is 22.5 Å². The highest BCUT2D eigenvalue weighted by molar-refractivity contribution is 5.95. The molecule has 0 saturated carbocycles. The quantitative estimate of drug-likeness (QED) is 0.817. The van der Waals surface area contributed by atoms with Crippen LogP contribution in [0.2, 0.25) is 0 Å². The lowest BCUT2D eigenvalue weighted by Crippen LogP contribution is -2.67. The van der Waals surface area contributed by atoms with Gasteiger partial charge in [-0.15, -0.1) is 0 Å². The summed E-state index contributed by atoms with van der Waals surface area (Å²) in [6.07, 6.45) is 7.57. The average molecular weight is 357 g/mol. The lowest BCUT2D eigenvalue weighted by atomic mass is 9.84. The first-order chi connectivity index (χ1) is 12.7. The molecule has 0 aliphatic carbocycles. The normalized spacial score (nSPS) is 21.6. The number of hydrogen-bond donors (Lipinski definition) is 0. The van der Waals surface area contributed by atoms with E-state index in [9.17, 15) is 4.79 Å². The van der Waals surface area contributed by atoms with Crippen LogP contribution in [0.4, 0.5) is 0 Å². The fraction of sp³-hybridized carbons (Fsp3) is 0.526. The third kappa shape index (κ3) is 3.37. The number of rotatable bonds is 5. The summed E-state index contributed by atoms with van der Waals surface area (Å²) >= 11 is 0. The summed E-state index contributed by atoms with van der Waals surface area (Å²) in [7, 11) is 0. The second-order valence-electron chi connectivity index (χ2n) is 7.00. The summed E-state index contributed by atoms with van der Waals surface area (Å²) < 4.78 is 17.2. The van der Waals surface area contributed by atoms with Crippen molar-refractivity contribution in [3.05, 3.63) is 47.6 Å². The maximum atomic E-state index is 12.6. The van der Waals surface area contributed by atoms with Gasteiger partial charge < -0.3 is 18.9 Å². The molecule has 7 nitrogen and oxygen atoms in total. The average Bonchev–Trinajstić information content (AvgIpc) is 3.14. The van der Waals surface area contributed by atoms with E-state index in [1.165, 1.54) is 6.20 Å². The molecule has 1 atom stereocenters. The summed E-state index contributed by atoms with van der Waals surface area (Å²) in [6, 6.07) is 3.92. The number of carbonyl (C=O) groups is 1. The van der Waals surface area contributed by atoms with Crippen LogP contribution >= 0.6 is 0 Å². The Balaban J connectivity index is 1.32. The van der Waals surface area contributed by atoms with Gasteiger partial charge in [0.1, 0.15) is 16.9 Å². The molecule has 1 spiro atoms. The first-order valence-corrected chi connectivity index (χ1v) is 9.06. The SMILES string of the molecule is CCc1oncc1C(=O)N1CC2(C[C@@H](OCc3cccnc3)CCO2)C1. The standard InChI is InChI=1S/C19H23N3O4/c1-2-17-16(10-21-26-17)18(23)22-12-19(13-22)8-15(5-7-25-19)24-11-14-4-3-6-20-9-14/h3-4,6,9-10,15H,2,5,7-8,11-13H2,1H3/t15-/m0/s1. The molecule has 0 radical (unpaired) electrons. The van der Waals surface area contributed by atoms with Gasteiger partial charge in [0.15, 0.2) is 0 Å². The zero-order chi connectivity index (χ0) is 18.0. The highest BCUT2D eigenvalue weighted by Crippen LogP contribution is 2.36. The highest BCUT2D eigenvalue weighted by atomic mass is 16.5. The van der Waals surface area contributed by atoms with E-state index in [1.54, 1.807) is 11.1 Å². The zero-order valence-electron chi connectivity index (χ0n) is 14.9. The van der Waals surface area contributed by atoms with Crippen LogP contribution in [0, 0.1) is 0 Å². The molecule has 2 aromatic rings. The molecule has 2 aromatic heterocycles. The first kappa shape index (κ1) is 17.2. The lowest BCUT2D eigenvalue weighted by Gasteiger charge is -2.52. The van der Waals surface area contributed by atoms with Gasteiger partial charge in [-0.2, -0.15) is 0 Å². The van der Waals surface area contributed by atoms with Gasteiger partial charge in [-0.25, -0.2) is 0 Å². The van der Waals surface area contributed by atoms with Crippen LogP contribution in [-0.4, -0.2) is 52.3 Å². The number of amides is 1. The maximum absolute atomic E-state index is 12.6. The minimum atomic E-state index is -0.281. The number of carbonyl (C=O) groups excluding carboxylic acids is 1. The molecule has 0 N–H and O–H groups in total. The van der Waals surface area contributed by atoms with Crippen LogP contribution in [0.15, 0.2) is 35.2 Å². The largest absolute Gasteiger partial charge is 0.373 e. The predicted molar refractivity (Wildman–Crippen MR) is 92.5 cm³/mol. The molecule has 4 heterocycles. The molecule has 0 bridgehead atoms. The fourth-order valence-corrected chi connectivity index (χ4v) is 3.70. The second-order valence-corrected chi connectivity index (χ2v) is 7.00. The maximum Gasteiger partial charge on any atom is 0.259 e. The van der Waals surface area contributed by atoms with Gasteiger partial charge in [-0.05, 0) is 18.1 Å². The molecule has 2 aliphatic heterocycles. The Hall–Kier alpha value is -2.25. The lowest BCUT2D eigenvalue weighted by molar-refractivity contribution is -0.188. The fourth-order valence-electron chi connectivity index (χ4n) is 3.70. The molecular formula is C19H23N3O4. The van der Waals surface area contributed by atoms with E-state index >= 15 is 0 Å². The number of aryl methyl sites for hydroxylation is 1. The van der Waals surface area contributed by atoms with Gasteiger partial charge in [0.2, 0.25) is 0 Å². The van der Waals surface area contributed by atoms with Crippen molar-refractivity contribution in [2.45, 2.75) is 44.5 Å². The van der Waals surface area contributed by atoms with Crippen molar-refractivity contribution in [3.8, 4) is 0 Å². The molecule has 26 heavy (non-hydrogen) atoms. The van der Waals surface area contributed by atoms with E-state index in [-0.39, 0.29) is 17.6 Å². The number of pyridine rings is 1. The molecule has 4 rings (SSSR count). The molecule has 2 aliphatic rings. The number of ether oxygens (including phenoxy) is 2. The van der Waals surface area contributed by atoms with Crippen molar-refractivity contribution in [1.82, 2.24) is 15.0 Å². The van der Waals surface area contributed by atoms with Crippen molar-refractivity contribution in [3.63, 3.8) is 0 Å². The van der Waals surface area contributed by atoms with Crippen LogP contribution in [0.3, 0.4) is 0 Å². The van der Waals surface area contributed by atoms with E-state index in [1.807, 2.05) is 25.3 Å². The second kappa shape index (κ2) is 7.17. The zero-order valence-corrected chi connectivity index (χ0v) is 14.9. The van der Waals surface area contributed by atoms with E-state index in [2.05, 4.69) is 10.1 Å². The van der Waals surface area contributed by atoms with Gasteiger partial charge in [0.05, 0.1) is 32.0 Å². The molecule has 0 aromatic carbocycles. The molecule has 138 valence electrons. The van der Waals surface area contributed by atoms with Crippen LogP contribution in [0.5, 0.6) is 0 Å². The molecule has 7 heteroatoms. The molecule has 2 fully saturated rings. The van der Waals surface area contributed by atoms with Crippen molar-refractivity contribution in [1.29, 1.82) is 0 Å². The molecule has 1 amide bonds. The van der Waals surface area contributed by atoms with Crippen molar-refractivity contribution in [2.75, 3.05) is 19.7 Å². The Bertz CT molecular complexity index is 755. The van der Waals surface area contributed by atoms with Crippen LogP contribution < -0.4 is 0 Å². The van der Waals surface area contributed by atoms with E-state index in [0.29, 0.717) is 44.0 Å².